The van der Waals surface area contributed by atoms with E-state index in [1.54, 1.807) is 47.3 Å². The number of benzene rings is 1. The molecule has 0 amide bonds. The molecule has 1 aromatic carbocycles. The number of sulfone groups is 1. The number of aromatic nitrogens is 3. The van der Waals surface area contributed by atoms with Crippen LogP contribution in [0.5, 0.6) is 0 Å². The summed E-state index contributed by atoms with van der Waals surface area (Å²) in [6, 6.07) is 10.3. The van der Waals surface area contributed by atoms with Crippen LogP contribution in [0.2, 0.25) is 0 Å². The predicted molar refractivity (Wildman–Crippen MR) is 123 cm³/mol. The quantitative estimate of drug-likeness (QED) is 0.652. The SMILES string of the molecule is C[C@@H]1COCCN1c1cc(S(=O)(=O)c2ccccc2)c2cnn(C3=CCCNC=C3)c2n1. The maximum Gasteiger partial charge on any atom is 0.207 e. The lowest BCUT2D eigenvalue weighted by atomic mass is 10.2. The van der Waals surface area contributed by atoms with Gasteiger partial charge in [-0.3, -0.25) is 0 Å². The molecule has 3 aromatic rings. The second-order valence-electron chi connectivity index (χ2n) is 7.91. The van der Waals surface area contributed by atoms with Crippen LogP contribution < -0.4 is 10.2 Å². The van der Waals surface area contributed by atoms with Crippen molar-refractivity contribution in [3.8, 4) is 0 Å². The molecule has 9 heteroatoms. The van der Waals surface area contributed by atoms with Gasteiger partial charge in [-0.2, -0.15) is 5.10 Å². The number of rotatable bonds is 4. The predicted octanol–water partition coefficient (Wildman–Crippen LogP) is 2.84. The van der Waals surface area contributed by atoms with E-state index in [9.17, 15) is 8.42 Å². The van der Waals surface area contributed by atoms with Crippen molar-refractivity contribution in [2.45, 2.75) is 29.2 Å². The summed E-state index contributed by atoms with van der Waals surface area (Å²) in [6.45, 7) is 4.67. The molecule has 1 atom stereocenters. The molecule has 0 bridgehead atoms. The highest BCUT2D eigenvalue weighted by Crippen LogP contribution is 2.33. The van der Waals surface area contributed by atoms with Crippen molar-refractivity contribution in [3.05, 3.63) is 60.9 Å². The highest BCUT2D eigenvalue weighted by molar-refractivity contribution is 7.91. The zero-order valence-electron chi connectivity index (χ0n) is 17.8. The molecular formula is C23H25N5O3S. The van der Waals surface area contributed by atoms with Crippen LogP contribution in [0.4, 0.5) is 5.82 Å². The fourth-order valence-corrected chi connectivity index (χ4v) is 5.53. The highest BCUT2D eigenvalue weighted by Gasteiger charge is 2.28. The summed E-state index contributed by atoms with van der Waals surface area (Å²) < 4.78 is 34.6. The van der Waals surface area contributed by atoms with Crippen LogP contribution in [0.1, 0.15) is 13.3 Å². The topological polar surface area (TPSA) is 89.4 Å². The van der Waals surface area contributed by atoms with E-state index >= 15 is 0 Å². The second kappa shape index (κ2) is 8.40. The van der Waals surface area contributed by atoms with Crippen LogP contribution in [-0.2, 0) is 14.6 Å². The van der Waals surface area contributed by atoms with E-state index in [4.69, 9.17) is 9.72 Å². The number of morpholine rings is 1. The Morgan fingerprint density at radius 3 is 2.88 bits per heavy atom. The van der Waals surface area contributed by atoms with Gasteiger partial charge in [-0.15, -0.1) is 0 Å². The van der Waals surface area contributed by atoms with Crippen molar-refractivity contribution < 1.29 is 13.2 Å². The van der Waals surface area contributed by atoms with Crippen molar-refractivity contribution in [2.24, 2.45) is 0 Å². The molecule has 1 N–H and O–H groups in total. The Labute approximate surface area is 187 Å². The smallest absolute Gasteiger partial charge is 0.207 e. The summed E-state index contributed by atoms with van der Waals surface area (Å²) in [7, 11) is -3.77. The lowest BCUT2D eigenvalue weighted by molar-refractivity contribution is 0.0985. The Morgan fingerprint density at radius 2 is 2.06 bits per heavy atom. The third-order valence-electron chi connectivity index (χ3n) is 5.75. The fourth-order valence-electron chi connectivity index (χ4n) is 4.07. The molecule has 2 aliphatic rings. The van der Waals surface area contributed by atoms with Crippen molar-refractivity contribution in [2.75, 3.05) is 31.2 Å². The maximum atomic E-state index is 13.7. The van der Waals surface area contributed by atoms with E-state index in [2.05, 4.69) is 28.3 Å². The number of allylic oxidation sites excluding steroid dienone is 2. The highest BCUT2D eigenvalue weighted by atomic mass is 32.2. The number of pyridine rings is 1. The molecule has 0 unspecified atom stereocenters. The van der Waals surface area contributed by atoms with Crippen LogP contribution in [0.3, 0.4) is 0 Å². The van der Waals surface area contributed by atoms with Crippen molar-refractivity contribution in [1.82, 2.24) is 20.1 Å². The Morgan fingerprint density at radius 1 is 1.22 bits per heavy atom. The maximum absolute atomic E-state index is 13.7. The van der Waals surface area contributed by atoms with Gasteiger partial charge in [0.25, 0.3) is 0 Å². The lowest BCUT2D eigenvalue weighted by Gasteiger charge is -2.34. The van der Waals surface area contributed by atoms with Crippen molar-refractivity contribution >= 4 is 32.4 Å². The largest absolute Gasteiger partial charge is 0.391 e. The first-order valence-electron chi connectivity index (χ1n) is 10.7. The number of fused-ring (bicyclic) bond motifs is 1. The summed E-state index contributed by atoms with van der Waals surface area (Å²) in [5.74, 6) is 0.612. The average molecular weight is 452 g/mol. The summed E-state index contributed by atoms with van der Waals surface area (Å²) in [5.41, 5.74) is 1.38. The van der Waals surface area contributed by atoms with Crippen LogP contribution >= 0.6 is 0 Å². The zero-order chi connectivity index (χ0) is 22.1. The Kier molecular flexibility index (Phi) is 5.44. The monoisotopic (exact) mass is 451 g/mol. The van der Waals surface area contributed by atoms with Gasteiger partial charge < -0.3 is 15.0 Å². The molecule has 0 spiro atoms. The van der Waals surface area contributed by atoms with Gasteiger partial charge in [-0.25, -0.2) is 18.1 Å². The van der Waals surface area contributed by atoms with E-state index in [1.807, 2.05) is 12.3 Å². The summed E-state index contributed by atoms with van der Waals surface area (Å²) in [4.78, 5) is 7.46. The first-order valence-corrected chi connectivity index (χ1v) is 12.2. The van der Waals surface area contributed by atoms with Gasteiger partial charge in [-0.05, 0) is 37.8 Å². The van der Waals surface area contributed by atoms with Crippen LogP contribution in [0.15, 0.2) is 70.7 Å². The number of nitrogens with zero attached hydrogens (tertiary/aromatic N) is 4. The molecule has 5 rings (SSSR count). The molecule has 4 heterocycles. The summed E-state index contributed by atoms with van der Waals surface area (Å²) in [5, 5.41) is 8.24. The van der Waals surface area contributed by atoms with E-state index < -0.39 is 9.84 Å². The third-order valence-corrected chi connectivity index (χ3v) is 7.56. The van der Waals surface area contributed by atoms with Crippen LogP contribution in [0, 0.1) is 0 Å². The van der Waals surface area contributed by atoms with Crippen molar-refractivity contribution in [1.29, 1.82) is 0 Å². The van der Waals surface area contributed by atoms with Crippen LogP contribution in [0.25, 0.3) is 16.7 Å². The number of ether oxygens (including phenoxy) is 1. The molecule has 0 aliphatic carbocycles. The molecule has 32 heavy (non-hydrogen) atoms. The van der Waals surface area contributed by atoms with E-state index in [0.717, 1.165) is 18.7 Å². The molecule has 1 saturated heterocycles. The summed E-state index contributed by atoms with van der Waals surface area (Å²) in [6.07, 6.45) is 8.30. The molecule has 8 nitrogen and oxygen atoms in total. The fraction of sp³-hybridized carbons (Fsp3) is 0.304. The molecule has 2 aliphatic heterocycles. The van der Waals surface area contributed by atoms with Gasteiger partial charge in [0.15, 0.2) is 5.65 Å². The molecular weight excluding hydrogens is 426 g/mol. The van der Waals surface area contributed by atoms with Gasteiger partial charge in [0.1, 0.15) is 5.82 Å². The molecule has 2 aromatic heterocycles. The molecule has 166 valence electrons. The first-order chi connectivity index (χ1) is 15.6. The third kappa shape index (κ3) is 3.67. The molecule has 1 fully saturated rings. The Balaban J connectivity index is 1.75. The Bertz CT molecular complexity index is 1300. The number of anilines is 1. The minimum atomic E-state index is -3.77. The average Bonchev–Trinajstić information content (AvgIpc) is 3.05. The number of hydrogen-bond acceptors (Lipinski definition) is 7. The zero-order valence-corrected chi connectivity index (χ0v) is 18.6. The summed E-state index contributed by atoms with van der Waals surface area (Å²) >= 11 is 0. The first kappa shape index (κ1) is 20.7. The standard InChI is InChI=1S/C23H25N5O3S/c1-17-16-31-13-12-27(17)22-14-21(32(29,30)19-7-3-2-4-8-19)20-15-25-28(23(20)26-22)18-6-5-10-24-11-9-18/h2-4,6-9,11,14-15,17,24H,5,10,12-13,16H2,1H3/t17-/m1/s1. The van der Waals surface area contributed by atoms with E-state index in [1.165, 1.54) is 0 Å². The molecule has 0 radical (unpaired) electrons. The minimum Gasteiger partial charge on any atom is -0.391 e. The van der Waals surface area contributed by atoms with E-state index in [0.29, 0.717) is 36.6 Å². The molecule has 0 saturated carbocycles. The van der Waals surface area contributed by atoms with Gasteiger partial charge in [0.2, 0.25) is 9.84 Å². The van der Waals surface area contributed by atoms with Crippen LogP contribution in [-0.4, -0.2) is 55.5 Å². The van der Waals surface area contributed by atoms with Gasteiger partial charge >= 0.3 is 0 Å². The van der Waals surface area contributed by atoms with Gasteiger partial charge in [0, 0.05) is 19.2 Å². The van der Waals surface area contributed by atoms with Gasteiger partial charge in [-0.1, -0.05) is 24.3 Å². The number of hydrogen-bond donors (Lipinski definition) is 1. The lowest BCUT2D eigenvalue weighted by Crippen LogP contribution is -2.44. The second-order valence-corrected chi connectivity index (χ2v) is 9.83. The Hall–Kier alpha value is -3.17. The minimum absolute atomic E-state index is 0.0820. The van der Waals surface area contributed by atoms with E-state index in [-0.39, 0.29) is 15.8 Å². The van der Waals surface area contributed by atoms with Gasteiger partial charge in [0.05, 0.1) is 46.3 Å². The number of nitrogens with one attached hydrogen (secondary N) is 1. The normalized spacial score (nSPS) is 19.5. The van der Waals surface area contributed by atoms with Crippen molar-refractivity contribution in [3.63, 3.8) is 0 Å².